The number of piperidine rings is 1. The van der Waals surface area contributed by atoms with Crippen LogP contribution in [-0.2, 0) is 9.59 Å². The Bertz CT molecular complexity index is 909. The third-order valence-corrected chi connectivity index (χ3v) is 6.81. The fourth-order valence-corrected chi connectivity index (χ4v) is 5.49. The van der Waals surface area contributed by atoms with E-state index in [1.54, 1.807) is 0 Å². The van der Waals surface area contributed by atoms with Gasteiger partial charge < -0.3 is 10.2 Å². The number of allylic oxidation sites excluding steroid dienone is 3. The molecule has 29 heavy (non-hydrogen) atoms. The standard InChI is InChI=1S/C24H29BrN2O2/c1-15-20(23(29)27-10-5-4-6-11-27)21(16-8-7-9-17(25)12-16)22-18(26-15)13-24(2,3)14-19(22)28/h7-9,12-13,21-22,26H,4-6,10-11,14H2,1-3H3. The molecular weight excluding hydrogens is 428 g/mol. The van der Waals surface area contributed by atoms with Gasteiger partial charge in [-0.15, -0.1) is 0 Å². The van der Waals surface area contributed by atoms with Crippen LogP contribution in [-0.4, -0.2) is 29.7 Å². The molecule has 0 spiro atoms. The topological polar surface area (TPSA) is 49.4 Å². The van der Waals surface area contributed by atoms with Crippen molar-refractivity contribution in [1.29, 1.82) is 0 Å². The molecule has 0 radical (unpaired) electrons. The molecule has 0 saturated carbocycles. The summed E-state index contributed by atoms with van der Waals surface area (Å²) in [5.41, 5.74) is 3.42. The molecule has 2 heterocycles. The molecule has 1 aromatic rings. The predicted octanol–water partition coefficient (Wildman–Crippen LogP) is 4.92. The van der Waals surface area contributed by atoms with E-state index >= 15 is 0 Å². The Morgan fingerprint density at radius 2 is 1.90 bits per heavy atom. The molecule has 5 heteroatoms. The number of rotatable bonds is 2. The van der Waals surface area contributed by atoms with Gasteiger partial charge in [0.15, 0.2) is 0 Å². The molecule has 1 saturated heterocycles. The van der Waals surface area contributed by atoms with Gasteiger partial charge in [-0.25, -0.2) is 0 Å². The van der Waals surface area contributed by atoms with Gasteiger partial charge in [0, 0.05) is 46.9 Å². The van der Waals surface area contributed by atoms with Crippen LogP contribution in [0, 0.1) is 11.3 Å². The highest BCUT2D eigenvalue weighted by atomic mass is 79.9. The maximum atomic E-state index is 13.6. The molecule has 0 bridgehead atoms. The monoisotopic (exact) mass is 456 g/mol. The maximum absolute atomic E-state index is 13.6. The van der Waals surface area contributed by atoms with Crippen LogP contribution in [0.15, 0.2) is 51.8 Å². The number of hydrogen-bond acceptors (Lipinski definition) is 3. The Hall–Kier alpha value is -1.88. The lowest BCUT2D eigenvalue weighted by atomic mass is 9.66. The number of fused-ring (bicyclic) bond motifs is 1. The summed E-state index contributed by atoms with van der Waals surface area (Å²) in [6, 6.07) is 8.07. The first-order valence-corrected chi connectivity index (χ1v) is 11.3. The average molecular weight is 457 g/mol. The molecule has 154 valence electrons. The van der Waals surface area contributed by atoms with E-state index in [0.29, 0.717) is 6.42 Å². The molecular formula is C24H29BrN2O2. The Kier molecular flexibility index (Phi) is 5.45. The highest BCUT2D eigenvalue weighted by molar-refractivity contribution is 9.10. The van der Waals surface area contributed by atoms with Gasteiger partial charge >= 0.3 is 0 Å². The van der Waals surface area contributed by atoms with Crippen molar-refractivity contribution >= 4 is 27.6 Å². The van der Waals surface area contributed by atoms with Gasteiger partial charge in [0.05, 0.1) is 5.92 Å². The van der Waals surface area contributed by atoms with Crippen LogP contribution in [0.3, 0.4) is 0 Å². The molecule has 4 rings (SSSR count). The first-order chi connectivity index (χ1) is 13.8. The van der Waals surface area contributed by atoms with Crippen molar-refractivity contribution in [3.63, 3.8) is 0 Å². The van der Waals surface area contributed by atoms with E-state index in [2.05, 4.69) is 47.2 Å². The zero-order valence-electron chi connectivity index (χ0n) is 17.4. The first-order valence-electron chi connectivity index (χ1n) is 10.5. The minimum absolute atomic E-state index is 0.0800. The summed E-state index contributed by atoms with van der Waals surface area (Å²) in [6.45, 7) is 7.77. The van der Waals surface area contributed by atoms with Gasteiger partial charge in [-0.1, -0.05) is 48.0 Å². The number of likely N-dealkylation sites (tertiary alicyclic amines) is 1. The largest absolute Gasteiger partial charge is 0.362 e. The van der Waals surface area contributed by atoms with Crippen molar-refractivity contribution < 1.29 is 9.59 Å². The second kappa shape index (κ2) is 7.75. The fourth-order valence-electron chi connectivity index (χ4n) is 5.08. The number of ketones is 1. The van der Waals surface area contributed by atoms with Crippen LogP contribution in [0.5, 0.6) is 0 Å². The van der Waals surface area contributed by atoms with Gasteiger partial charge in [0.2, 0.25) is 0 Å². The highest BCUT2D eigenvalue weighted by Gasteiger charge is 2.46. The normalized spacial score (nSPS) is 26.6. The van der Waals surface area contributed by atoms with Gasteiger partial charge in [0.25, 0.3) is 5.91 Å². The molecule has 1 amide bonds. The van der Waals surface area contributed by atoms with Crippen LogP contribution in [0.25, 0.3) is 0 Å². The minimum atomic E-state index is -0.329. The molecule has 4 nitrogen and oxygen atoms in total. The third-order valence-electron chi connectivity index (χ3n) is 6.32. The van der Waals surface area contributed by atoms with E-state index in [0.717, 1.165) is 52.9 Å². The van der Waals surface area contributed by atoms with E-state index in [1.165, 1.54) is 6.42 Å². The van der Waals surface area contributed by atoms with Crippen molar-refractivity contribution in [2.75, 3.05) is 13.1 Å². The maximum Gasteiger partial charge on any atom is 0.252 e. The van der Waals surface area contributed by atoms with E-state index in [9.17, 15) is 9.59 Å². The van der Waals surface area contributed by atoms with Crippen LogP contribution >= 0.6 is 15.9 Å². The number of carbonyl (C=O) groups is 2. The van der Waals surface area contributed by atoms with E-state index in [1.807, 2.05) is 30.0 Å². The summed E-state index contributed by atoms with van der Waals surface area (Å²) >= 11 is 3.57. The number of hydrogen-bond donors (Lipinski definition) is 1. The summed E-state index contributed by atoms with van der Waals surface area (Å²) in [6.07, 6.45) is 5.97. The quantitative estimate of drug-likeness (QED) is 0.686. The number of benzene rings is 1. The molecule has 1 fully saturated rings. The van der Waals surface area contributed by atoms with E-state index < -0.39 is 0 Å². The number of Topliss-reactive ketones (excluding diaryl/α,β-unsaturated/α-hetero) is 1. The summed E-state index contributed by atoms with van der Waals surface area (Å²) < 4.78 is 0.963. The van der Waals surface area contributed by atoms with Crippen LogP contribution in [0.2, 0.25) is 0 Å². The molecule has 3 aliphatic rings. The van der Waals surface area contributed by atoms with E-state index in [-0.39, 0.29) is 28.9 Å². The fraction of sp³-hybridized carbons (Fsp3) is 0.500. The van der Waals surface area contributed by atoms with E-state index in [4.69, 9.17) is 0 Å². The molecule has 1 aromatic carbocycles. The van der Waals surface area contributed by atoms with Crippen LogP contribution < -0.4 is 5.32 Å². The summed E-state index contributed by atoms with van der Waals surface area (Å²) in [5.74, 6) is -0.291. The van der Waals surface area contributed by atoms with Crippen molar-refractivity contribution in [1.82, 2.24) is 10.2 Å². The molecule has 2 aliphatic heterocycles. The lowest BCUT2D eigenvalue weighted by molar-refractivity contribution is -0.129. The predicted molar refractivity (Wildman–Crippen MR) is 118 cm³/mol. The number of amides is 1. The lowest BCUT2D eigenvalue weighted by Gasteiger charge is -2.43. The van der Waals surface area contributed by atoms with Gasteiger partial charge in [-0.2, -0.15) is 0 Å². The second-order valence-electron chi connectivity index (χ2n) is 9.26. The summed E-state index contributed by atoms with van der Waals surface area (Å²) in [4.78, 5) is 28.9. The number of nitrogens with zero attached hydrogens (tertiary/aromatic N) is 1. The summed E-state index contributed by atoms with van der Waals surface area (Å²) in [7, 11) is 0. The van der Waals surface area contributed by atoms with Crippen molar-refractivity contribution in [3.05, 3.63) is 57.3 Å². The lowest BCUT2D eigenvalue weighted by Crippen LogP contribution is -2.46. The third kappa shape index (κ3) is 3.94. The number of nitrogens with one attached hydrogen (secondary N) is 1. The Balaban J connectivity index is 1.85. The van der Waals surface area contributed by atoms with Gasteiger partial charge in [-0.3, -0.25) is 9.59 Å². The van der Waals surface area contributed by atoms with Gasteiger partial charge in [0.1, 0.15) is 5.78 Å². The highest BCUT2D eigenvalue weighted by Crippen LogP contribution is 2.47. The van der Waals surface area contributed by atoms with Crippen molar-refractivity contribution in [3.8, 4) is 0 Å². The van der Waals surface area contributed by atoms with Crippen molar-refractivity contribution in [2.24, 2.45) is 11.3 Å². The second-order valence-corrected chi connectivity index (χ2v) is 10.2. The average Bonchev–Trinajstić information content (AvgIpc) is 2.66. The zero-order chi connectivity index (χ0) is 20.8. The Morgan fingerprint density at radius 1 is 1.17 bits per heavy atom. The van der Waals surface area contributed by atoms with Crippen LogP contribution in [0.4, 0.5) is 0 Å². The smallest absolute Gasteiger partial charge is 0.252 e. The number of halogens is 1. The molecule has 0 aromatic heterocycles. The first kappa shape index (κ1) is 20.4. The van der Waals surface area contributed by atoms with Crippen molar-refractivity contribution in [2.45, 2.75) is 52.4 Å². The SMILES string of the molecule is CC1=C(C(=O)N2CCCCC2)C(c2cccc(Br)c2)C2C(=O)CC(C)(C)C=C2N1. The minimum Gasteiger partial charge on any atom is -0.362 e. The van der Waals surface area contributed by atoms with Crippen LogP contribution in [0.1, 0.15) is 57.9 Å². The Morgan fingerprint density at radius 3 is 2.59 bits per heavy atom. The van der Waals surface area contributed by atoms with Gasteiger partial charge in [-0.05, 0) is 49.3 Å². The molecule has 1 aliphatic carbocycles. The molecule has 1 N–H and O–H groups in total. The number of carbonyl (C=O) groups excluding carboxylic acids is 2. The molecule has 2 atom stereocenters. The summed E-state index contributed by atoms with van der Waals surface area (Å²) in [5, 5.41) is 3.45. The Labute approximate surface area is 181 Å². The molecule has 2 unspecified atom stereocenters. The zero-order valence-corrected chi connectivity index (χ0v) is 19.0.